The zero-order valence-corrected chi connectivity index (χ0v) is 7.44. The summed E-state index contributed by atoms with van der Waals surface area (Å²) in [5, 5.41) is 18.7. The minimum atomic E-state index is -1.17. The van der Waals surface area contributed by atoms with Crippen LogP contribution in [-0.4, -0.2) is 15.8 Å². The van der Waals surface area contributed by atoms with Crippen molar-refractivity contribution in [2.24, 2.45) is 0 Å². The average Bonchev–Trinajstić information content (AvgIpc) is 1.97. The monoisotopic (exact) mass is 204 g/mol. The first-order valence-corrected chi connectivity index (χ1v) is 3.76. The predicted molar refractivity (Wildman–Crippen MR) is 43.0 cm³/mol. The minimum Gasteiger partial charge on any atom is -0.508 e. The highest BCUT2D eigenvalue weighted by Gasteiger charge is 2.34. The number of hydrogen-bond acceptors (Lipinski definition) is 2. The lowest BCUT2D eigenvalue weighted by Gasteiger charge is -2.18. The maximum absolute atomic E-state index is 9.50. The molecule has 1 aliphatic rings. The van der Waals surface area contributed by atoms with Crippen LogP contribution in [0, 0.1) is 0 Å². The van der Waals surface area contributed by atoms with Crippen molar-refractivity contribution in [3.8, 4) is 0 Å². The summed E-state index contributed by atoms with van der Waals surface area (Å²) in [7, 11) is 0. The molecule has 0 amide bonds. The summed E-state index contributed by atoms with van der Waals surface area (Å²) in [5.74, 6) is -0.00926. The van der Waals surface area contributed by atoms with Crippen LogP contribution in [0.4, 0.5) is 0 Å². The van der Waals surface area contributed by atoms with E-state index in [0.29, 0.717) is 4.48 Å². The molecule has 3 heteroatoms. The van der Waals surface area contributed by atoms with Crippen LogP contribution in [-0.2, 0) is 0 Å². The van der Waals surface area contributed by atoms with Crippen molar-refractivity contribution in [3.63, 3.8) is 0 Å². The lowest BCUT2D eigenvalue weighted by molar-refractivity contribution is 0.0913. The van der Waals surface area contributed by atoms with Crippen LogP contribution in [0.3, 0.4) is 0 Å². The third kappa shape index (κ3) is 0.896. The highest BCUT2D eigenvalue weighted by atomic mass is 79.9. The Morgan fingerprint density at radius 2 is 2.10 bits per heavy atom. The van der Waals surface area contributed by atoms with Gasteiger partial charge >= 0.3 is 0 Å². The summed E-state index contributed by atoms with van der Waals surface area (Å²) in [6.45, 7) is 3.33. The van der Waals surface area contributed by atoms with Gasteiger partial charge in [-0.1, -0.05) is 0 Å². The van der Waals surface area contributed by atoms with Gasteiger partial charge < -0.3 is 10.2 Å². The molecule has 0 aliphatic heterocycles. The van der Waals surface area contributed by atoms with Crippen molar-refractivity contribution in [2.45, 2.75) is 19.4 Å². The van der Waals surface area contributed by atoms with Gasteiger partial charge in [0.2, 0.25) is 0 Å². The lowest BCUT2D eigenvalue weighted by Crippen LogP contribution is -2.25. The summed E-state index contributed by atoms with van der Waals surface area (Å²) in [6, 6.07) is 0. The normalized spacial score (nSPS) is 33.0. The third-order valence-electron chi connectivity index (χ3n) is 1.80. The Balaban J connectivity index is 3.11. The highest BCUT2D eigenvalue weighted by molar-refractivity contribution is 9.11. The van der Waals surface area contributed by atoms with E-state index in [1.54, 1.807) is 19.9 Å². The molecule has 0 aromatic heterocycles. The van der Waals surface area contributed by atoms with Crippen molar-refractivity contribution < 1.29 is 10.2 Å². The van der Waals surface area contributed by atoms with Crippen molar-refractivity contribution in [3.05, 3.63) is 21.9 Å². The topological polar surface area (TPSA) is 40.5 Å². The van der Waals surface area contributed by atoms with Gasteiger partial charge in [-0.15, -0.1) is 0 Å². The Morgan fingerprint density at radius 1 is 1.60 bits per heavy atom. The largest absolute Gasteiger partial charge is 0.508 e. The molecule has 0 saturated heterocycles. The zero-order chi connectivity index (χ0) is 7.94. The van der Waals surface area contributed by atoms with Crippen LogP contribution in [0.1, 0.15) is 13.8 Å². The van der Waals surface area contributed by atoms with Crippen LogP contribution in [0.2, 0.25) is 0 Å². The zero-order valence-electron chi connectivity index (χ0n) is 5.85. The Bertz CT molecular complexity index is 226. The molecule has 1 unspecified atom stereocenters. The maximum Gasteiger partial charge on any atom is 0.142 e. The van der Waals surface area contributed by atoms with Gasteiger partial charge in [-0.25, -0.2) is 0 Å². The molecular weight excluding hydrogens is 196 g/mol. The second-order valence-corrected chi connectivity index (χ2v) is 3.45. The Morgan fingerprint density at radius 3 is 2.20 bits per heavy atom. The number of aliphatic hydroxyl groups excluding tert-OH is 1. The molecule has 2 N–H and O–H groups in total. The number of allylic oxidation sites excluding steroid dienone is 2. The second kappa shape index (κ2) is 2.10. The molecule has 0 spiro atoms. The van der Waals surface area contributed by atoms with E-state index >= 15 is 0 Å². The molecule has 10 heavy (non-hydrogen) atoms. The molecule has 0 bridgehead atoms. The molecule has 0 radical (unpaired) electrons. The number of aliphatic hydroxyl groups is 2. The van der Waals surface area contributed by atoms with E-state index in [2.05, 4.69) is 15.9 Å². The van der Waals surface area contributed by atoms with E-state index < -0.39 is 5.60 Å². The standard InChI is InChI=1S/C7H9BrO2/c1-4-3-5(8)6(9)7(4,2)10/h3,9-10H,1-2H3. The molecule has 0 aromatic carbocycles. The van der Waals surface area contributed by atoms with Gasteiger partial charge in [-0.3, -0.25) is 0 Å². The number of hydrogen-bond donors (Lipinski definition) is 2. The Kier molecular flexibility index (Phi) is 1.65. The number of rotatable bonds is 0. The van der Waals surface area contributed by atoms with E-state index in [-0.39, 0.29) is 5.76 Å². The first-order valence-electron chi connectivity index (χ1n) is 2.96. The second-order valence-electron chi connectivity index (χ2n) is 2.60. The van der Waals surface area contributed by atoms with Gasteiger partial charge in [0.1, 0.15) is 11.4 Å². The highest BCUT2D eigenvalue weighted by Crippen LogP contribution is 2.35. The van der Waals surface area contributed by atoms with E-state index in [1.807, 2.05) is 0 Å². The molecule has 56 valence electrons. The molecule has 0 aromatic rings. The predicted octanol–water partition coefficient (Wildman–Crippen LogP) is 1.86. The summed E-state index contributed by atoms with van der Waals surface area (Å²) in [4.78, 5) is 0. The molecule has 0 fully saturated rings. The Labute approximate surface area is 68.0 Å². The van der Waals surface area contributed by atoms with E-state index in [0.717, 1.165) is 5.57 Å². The van der Waals surface area contributed by atoms with Crippen LogP contribution in [0.25, 0.3) is 0 Å². The molecule has 2 nitrogen and oxygen atoms in total. The molecule has 0 heterocycles. The van der Waals surface area contributed by atoms with Crippen molar-refractivity contribution in [1.29, 1.82) is 0 Å². The SMILES string of the molecule is CC1=CC(Br)=C(O)C1(C)O. The average molecular weight is 205 g/mol. The van der Waals surface area contributed by atoms with Gasteiger partial charge in [0, 0.05) is 0 Å². The first kappa shape index (κ1) is 7.82. The molecule has 0 saturated carbocycles. The van der Waals surface area contributed by atoms with E-state index in [4.69, 9.17) is 0 Å². The van der Waals surface area contributed by atoms with Gasteiger partial charge in [0.15, 0.2) is 0 Å². The smallest absolute Gasteiger partial charge is 0.142 e. The fourth-order valence-corrected chi connectivity index (χ4v) is 1.55. The van der Waals surface area contributed by atoms with Gasteiger partial charge in [0.25, 0.3) is 0 Å². The summed E-state index contributed by atoms with van der Waals surface area (Å²) in [6.07, 6.45) is 1.70. The molecule has 1 aliphatic carbocycles. The van der Waals surface area contributed by atoms with Crippen LogP contribution in [0.5, 0.6) is 0 Å². The minimum absolute atomic E-state index is 0.00926. The van der Waals surface area contributed by atoms with Crippen molar-refractivity contribution in [2.75, 3.05) is 0 Å². The quantitative estimate of drug-likeness (QED) is 0.633. The Hall–Kier alpha value is -0.280. The summed E-state index contributed by atoms with van der Waals surface area (Å²) < 4.78 is 0.565. The number of halogens is 1. The molecule has 1 rings (SSSR count). The summed E-state index contributed by atoms with van der Waals surface area (Å²) in [5.41, 5.74) is -0.421. The third-order valence-corrected chi connectivity index (χ3v) is 2.40. The molecular formula is C7H9BrO2. The van der Waals surface area contributed by atoms with Crippen molar-refractivity contribution >= 4 is 15.9 Å². The van der Waals surface area contributed by atoms with Gasteiger partial charge in [-0.05, 0) is 41.4 Å². The van der Waals surface area contributed by atoms with Crippen LogP contribution >= 0.6 is 15.9 Å². The van der Waals surface area contributed by atoms with Crippen molar-refractivity contribution in [1.82, 2.24) is 0 Å². The van der Waals surface area contributed by atoms with E-state index in [1.165, 1.54) is 0 Å². The van der Waals surface area contributed by atoms with Gasteiger partial charge in [0.05, 0.1) is 4.48 Å². The van der Waals surface area contributed by atoms with E-state index in [9.17, 15) is 10.2 Å². The van der Waals surface area contributed by atoms with Crippen LogP contribution < -0.4 is 0 Å². The maximum atomic E-state index is 9.50. The van der Waals surface area contributed by atoms with Gasteiger partial charge in [-0.2, -0.15) is 0 Å². The van der Waals surface area contributed by atoms with Crippen LogP contribution in [0.15, 0.2) is 21.9 Å². The molecule has 1 atom stereocenters. The summed E-state index contributed by atoms with van der Waals surface area (Å²) >= 11 is 3.11. The fourth-order valence-electron chi connectivity index (χ4n) is 0.818. The fraction of sp³-hybridized carbons (Fsp3) is 0.429. The first-order chi connectivity index (χ1) is 4.46. The lowest BCUT2D eigenvalue weighted by atomic mass is 10.0.